The minimum absolute atomic E-state index is 0.101. The van der Waals surface area contributed by atoms with Gasteiger partial charge in [0.15, 0.2) is 0 Å². The molecule has 0 aliphatic carbocycles. The highest BCUT2D eigenvalue weighted by Crippen LogP contribution is 2.35. The lowest BCUT2D eigenvalue weighted by atomic mass is 9.93. The maximum Gasteiger partial charge on any atom is 0.393 e. The molecule has 1 amide bonds. The number of aromatic nitrogens is 1. The van der Waals surface area contributed by atoms with Crippen LogP contribution in [0.4, 0.5) is 19.0 Å². The summed E-state index contributed by atoms with van der Waals surface area (Å²) in [6.45, 7) is 1.95. The second-order valence-electron chi connectivity index (χ2n) is 5.91. The molecule has 0 saturated carbocycles. The molecule has 1 N–H and O–H groups in total. The molecule has 1 aromatic heterocycles. The first-order valence-corrected chi connectivity index (χ1v) is 7.69. The van der Waals surface area contributed by atoms with Gasteiger partial charge in [0.2, 0.25) is 5.91 Å². The number of hydrogen-bond donors (Lipinski definition) is 1. The number of nitrogens with one attached hydrogen (secondary N) is 1. The molecule has 0 unspecified atom stereocenters. The van der Waals surface area contributed by atoms with Crippen LogP contribution in [0.25, 0.3) is 0 Å². The number of piperazine rings is 1. The second kappa shape index (κ2) is 6.35. The van der Waals surface area contributed by atoms with E-state index in [1.807, 2.05) is 23.1 Å². The van der Waals surface area contributed by atoms with Gasteiger partial charge >= 0.3 is 6.18 Å². The van der Waals surface area contributed by atoms with Crippen LogP contribution >= 0.6 is 0 Å². The van der Waals surface area contributed by atoms with E-state index in [0.29, 0.717) is 26.2 Å². The molecule has 0 bridgehead atoms. The minimum Gasteiger partial charge on any atom is -0.353 e. The summed E-state index contributed by atoms with van der Waals surface area (Å²) < 4.78 is 39.0. The van der Waals surface area contributed by atoms with Crippen LogP contribution in [0.1, 0.15) is 0 Å². The maximum absolute atomic E-state index is 13.0. The van der Waals surface area contributed by atoms with Crippen molar-refractivity contribution >= 4 is 11.7 Å². The van der Waals surface area contributed by atoms with Gasteiger partial charge in [0.25, 0.3) is 0 Å². The molecule has 2 fully saturated rings. The smallest absolute Gasteiger partial charge is 0.353 e. The van der Waals surface area contributed by atoms with Gasteiger partial charge in [0.1, 0.15) is 5.82 Å². The van der Waals surface area contributed by atoms with Gasteiger partial charge in [0.05, 0.1) is 11.8 Å². The second-order valence-corrected chi connectivity index (χ2v) is 5.91. The summed E-state index contributed by atoms with van der Waals surface area (Å²) in [5, 5.41) is 2.70. The summed E-state index contributed by atoms with van der Waals surface area (Å²) in [4.78, 5) is 20.3. The van der Waals surface area contributed by atoms with Crippen molar-refractivity contribution in [1.82, 2.24) is 15.2 Å². The fourth-order valence-corrected chi connectivity index (χ4v) is 3.21. The van der Waals surface area contributed by atoms with Gasteiger partial charge in [0, 0.05) is 45.5 Å². The van der Waals surface area contributed by atoms with Crippen LogP contribution in [0.15, 0.2) is 24.4 Å². The number of anilines is 1. The zero-order valence-corrected chi connectivity index (χ0v) is 12.6. The topological polar surface area (TPSA) is 48.5 Å². The first kappa shape index (κ1) is 16.0. The molecule has 3 rings (SSSR count). The summed E-state index contributed by atoms with van der Waals surface area (Å²) in [6.07, 6.45) is -2.63. The Bertz CT molecular complexity index is 543. The number of pyridine rings is 1. The van der Waals surface area contributed by atoms with E-state index in [-0.39, 0.29) is 13.1 Å². The van der Waals surface area contributed by atoms with Crippen molar-refractivity contribution in [3.63, 3.8) is 0 Å². The van der Waals surface area contributed by atoms with Crippen LogP contribution in [0, 0.1) is 11.8 Å². The van der Waals surface area contributed by atoms with Gasteiger partial charge in [-0.25, -0.2) is 4.98 Å². The molecule has 2 saturated heterocycles. The standard InChI is InChI=1S/C15H19F3N4O/c16-15(17,18)12-10-19-9-11(12)14(23)22-7-5-21(6-8-22)13-3-1-2-4-20-13/h1-4,11-12,19H,5-10H2/t11-,12-/m1/s1. The van der Waals surface area contributed by atoms with Crippen LogP contribution in [0.3, 0.4) is 0 Å². The van der Waals surface area contributed by atoms with E-state index in [9.17, 15) is 18.0 Å². The summed E-state index contributed by atoms with van der Waals surface area (Å²) in [6, 6.07) is 5.60. The van der Waals surface area contributed by atoms with Crippen LogP contribution < -0.4 is 10.2 Å². The number of amides is 1. The van der Waals surface area contributed by atoms with Crippen LogP contribution in [-0.2, 0) is 4.79 Å². The Morgan fingerprint density at radius 1 is 1.17 bits per heavy atom. The zero-order valence-electron chi connectivity index (χ0n) is 12.6. The van der Waals surface area contributed by atoms with Crippen molar-refractivity contribution in [2.75, 3.05) is 44.2 Å². The molecule has 23 heavy (non-hydrogen) atoms. The number of carbonyl (C=O) groups is 1. The van der Waals surface area contributed by atoms with Gasteiger partial charge in [-0.1, -0.05) is 6.07 Å². The molecular formula is C15H19F3N4O. The Morgan fingerprint density at radius 3 is 2.52 bits per heavy atom. The normalized spacial score (nSPS) is 25.7. The van der Waals surface area contributed by atoms with E-state index >= 15 is 0 Å². The molecular weight excluding hydrogens is 309 g/mol. The number of rotatable bonds is 2. The highest BCUT2D eigenvalue weighted by atomic mass is 19.4. The van der Waals surface area contributed by atoms with Crippen molar-refractivity contribution in [2.24, 2.45) is 11.8 Å². The lowest BCUT2D eigenvalue weighted by Gasteiger charge is -2.37. The van der Waals surface area contributed by atoms with E-state index in [0.717, 1.165) is 5.82 Å². The summed E-state index contributed by atoms with van der Waals surface area (Å²) in [5.74, 6) is -2.14. The van der Waals surface area contributed by atoms with Crippen molar-refractivity contribution in [3.8, 4) is 0 Å². The molecule has 5 nitrogen and oxygen atoms in total. The monoisotopic (exact) mass is 328 g/mol. The van der Waals surface area contributed by atoms with Gasteiger partial charge in [-0.05, 0) is 12.1 Å². The van der Waals surface area contributed by atoms with Crippen molar-refractivity contribution in [2.45, 2.75) is 6.18 Å². The van der Waals surface area contributed by atoms with Gasteiger partial charge in [-0.3, -0.25) is 4.79 Å². The summed E-state index contributed by atoms with van der Waals surface area (Å²) in [7, 11) is 0. The SMILES string of the molecule is O=C([C@@H]1CNC[C@H]1C(F)(F)F)N1CCN(c2ccccn2)CC1. The molecule has 2 atom stereocenters. The minimum atomic E-state index is -4.33. The molecule has 2 aliphatic rings. The molecule has 0 aromatic carbocycles. The summed E-state index contributed by atoms with van der Waals surface area (Å²) in [5.41, 5.74) is 0. The Balaban J connectivity index is 1.60. The van der Waals surface area contributed by atoms with Crippen molar-refractivity contribution in [1.29, 1.82) is 0 Å². The van der Waals surface area contributed by atoms with Gasteiger partial charge < -0.3 is 15.1 Å². The van der Waals surface area contributed by atoms with Gasteiger partial charge in [-0.2, -0.15) is 13.2 Å². The maximum atomic E-state index is 13.0. The average Bonchev–Trinajstić information content (AvgIpc) is 3.05. The van der Waals surface area contributed by atoms with E-state index in [4.69, 9.17) is 0 Å². The summed E-state index contributed by atoms with van der Waals surface area (Å²) >= 11 is 0. The number of halogens is 3. The molecule has 8 heteroatoms. The largest absolute Gasteiger partial charge is 0.393 e. The first-order valence-electron chi connectivity index (χ1n) is 7.69. The fraction of sp³-hybridized carbons (Fsp3) is 0.600. The predicted molar refractivity (Wildman–Crippen MR) is 78.9 cm³/mol. The van der Waals surface area contributed by atoms with E-state index in [1.54, 1.807) is 11.1 Å². The Kier molecular flexibility index (Phi) is 4.43. The van der Waals surface area contributed by atoms with Crippen molar-refractivity contribution < 1.29 is 18.0 Å². The number of carbonyl (C=O) groups excluding carboxylic acids is 1. The van der Waals surface area contributed by atoms with Crippen LogP contribution in [0.5, 0.6) is 0 Å². The Hall–Kier alpha value is -1.83. The lowest BCUT2D eigenvalue weighted by molar-refractivity contribution is -0.185. The molecule has 0 radical (unpaired) electrons. The third-order valence-electron chi connectivity index (χ3n) is 4.52. The molecule has 0 spiro atoms. The van der Waals surface area contributed by atoms with E-state index in [2.05, 4.69) is 10.3 Å². The van der Waals surface area contributed by atoms with E-state index in [1.165, 1.54) is 0 Å². The van der Waals surface area contributed by atoms with Crippen LogP contribution in [-0.4, -0.2) is 61.2 Å². The Morgan fingerprint density at radius 2 is 1.91 bits per heavy atom. The van der Waals surface area contributed by atoms with Crippen molar-refractivity contribution in [3.05, 3.63) is 24.4 Å². The number of alkyl halides is 3. The van der Waals surface area contributed by atoms with E-state index < -0.39 is 23.9 Å². The number of hydrogen-bond acceptors (Lipinski definition) is 4. The third kappa shape index (κ3) is 3.41. The fourth-order valence-electron chi connectivity index (χ4n) is 3.21. The Labute approximate surface area is 132 Å². The lowest BCUT2D eigenvalue weighted by Crippen LogP contribution is -2.52. The van der Waals surface area contributed by atoms with Gasteiger partial charge in [-0.15, -0.1) is 0 Å². The van der Waals surface area contributed by atoms with Crippen LogP contribution in [0.2, 0.25) is 0 Å². The molecule has 2 aliphatic heterocycles. The third-order valence-corrected chi connectivity index (χ3v) is 4.52. The molecule has 3 heterocycles. The predicted octanol–water partition coefficient (Wildman–Crippen LogP) is 1.13. The molecule has 1 aromatic rings. The number of nitrogens with zero attached hydrogens (tertiary/aromatic N) is 3. The highest BCUT2D eigenvalue weighted by Gasteiger charge is 2.50. The highest BCUT2D eigenvalue weighted by molar-refractivity contribution is 5.80. The average molecular weight is 328 g/mol. The molecule has 126 valence electrons. The zero-order chi connectivity index (χ0) is 16.4. The first-order chi connectivity index (χ1) is 11.0. The quantitative estimate of drug-likeness (QED) is 0.884.